The van der Waals surface area contributed by atoms with Crippen LogP contribution in [0.25, 0.3) is 0 Å². The van der Waals surface area contributed by atoms with Crippen LogP contribution >= 0.6 is 15.9 Å². The molecule has 2 atom stereocenters. The zero-order valence-corrected chi connectivity index (χ0v) is 18.4. The molecule has 2 aliphatic rings. The summed E-state index contributed by atoms with van der Waals surface area (Å²) in [6, 6.07) is 16.0. The molecule has 1 aliphatic heterocycles. The van der Waals surface area contributed by atoms with E-state index in [-0.39, 0.29) is 11.7 Å². The largest absolute Gasteiger partial charge is 0.494 e. The average molecular weight is 457 g/mol. The second kappa shape index (κ2) is 9.88. The lowest BCUT2D eigenvalue weighted by molar-refractivity contribution is 0.0965. The van der Waals surface area contributed by atoms with E-state index in [1.54, 1.807) is 0 Å². The summed E-state index contributed by atoms with van der Waals surface area (Å²) in [6.45, 7) is 6.30. The first-order chi connectivity index (χ1) is 14.2. The molecule has 2 fully saturated rings. The number of ether oxygens (including phenoxy) is 1. The normalized spacial score (nSPS) is 22.1. The fourth-order valence-corrected chi connectivity index (χ4v) is 4.36. The van der Waals surface area contributed by atoms with Crippen LogP contribution in [-0.2, 0) is 0 Å². The van der Waals surface area contributed by atoms with Crippen molar-refractivity contribution in [2.75, 3.05) is 39.3 Å². The summed E-state index contributed by atoms with van der Waals surface area (Å²) in [7, 11) is 0. The lowest BCUT2D eigenvalue weighted by Crippen LogP contribution is -2.29. The first-order valence-corrected chi connectivity index (χ1v) is 11.5. The number of ketones is 1. The van der Waals surface area contributed by atoms with E-state index in [4.69, 9.17) is 4.74 Å². The van der Waals surface area contributed by atoms with Crippen molar-refractivity contribution < 1.29 is 9.53 Å². The number of hydrogen-bond donors (Lipinski definition) is 1. The Morgan fingerprint density at radius 2 is 1.86 bits per heavy atom. The maximum Gasteiger partial charge on any atom is 0.166 e. The number of carbonyl (C=O) groups excluding carboxylic acids is 1. The molecule has 1 aliphatic carbocycles. The van der Waals surface area contributed by atoms with Crippen molar-refractivity contribution in [2.24, 2.45) is 5.92 Å². The fourth-order valence-electron chi connectivity index (χ4n) is 4.10. The van der Waals surface area contributed by atoms with Gasteiger partial charge in [-0.1, -0.05) is 28.1 Å². The molecule has 5 heteroatoms. The Morgan fingerprint density at radius 1 is 1.07 bits per heavy atom. The number of nitrogens with one attached hydrogen (secondary N) is 1. The maximum atomic E-state index is 12.8. The molecule has 1 saturated carbocycles. The molecule has 0 aromatic heterocycles. The van der Waals surface area contributed by atoms with E-state index >= 15 is 0 Å². The van der Waals surface area contributed by atoms with Crippen LogP contribution in [0.3, 0.4) is 0 Å². The van der Waals surface area contributed by atoms with Gasteiger partial charge < -0.3 is 15.0 Å². The molecule has 0 radical (unpaired) electrons. The zero-order chi connectivity index (χ0) is 20.1. The third kappa shape index (κ3) is 5.68. The minimum Gasteiger partial charge on any atom is -0.494 e. The van der Waals surface area contributed by atoms with Crippen LogP contribution in [0.4, 0.5) is 0 Å². The van der Waals surface area contributed by atoms with E-state index in [0.29, 0.717) is 12.5 Å². The molecule has 154 valence electrons. The van der Waals surface area contributed by atoms with E-state index < -0.39 is 0 Å². The Bertz CT molecular complexity index is 799. The second-order valence-electron chi connectivity index (χ2n) is 8.04. The topological polar surface area (TPSA) is 41.6 Å². The average Bonchev–Trinajstić information content (AvgIpc) is 3.56. The van der Waals surface area contributed by atoms with Crippen molar-refractivity contribution in [3.63, 3.8) is 0 Å². The van der Waals surface area contributed by atoms with Gasteiger partial charge in [-0.25, -0.2) is 0 Å². The van der Waals surface area contributed by atoms with E-state index in [1.807, 2.05) is 36.4 Å². The van der Waals surface area contributed by atoms with Gasteiger partial charge in [0.25, 0.3) is 0 Å². The summed E-state index contributed by atoms with van der Waals surface area (Å²) >= 11 is 3.46. The maximum absolute atomic E-state index is 12.8. The summed E-state index contributed by atoms with van der Waals surface area (Å²) in [5, 5.41) is 3.43. The van der Waals surface area contributed by atoms with Gasteiger partial charge in [-0.2, -0.15) is 0 Å². The van der Waals surface area contributed by atoms with E-state index in [0.717, 1.165) is 54.8 Å². The number of nitrogens with zero attached hydrogens (tertiary/aromatic N) is 1. The van der Waals surface area contributed by atoms with Crippen molar-refractivity contribution >= 4 is 21.7 Å². The first-order valence-electron chi connectivity index (χ1n) is 10.7. The molecular formula is C24H29BrN2O2. The summed E-state index contributed by atoms with van der Waals surface area (Å²) in [4.78, 5) is 15.3. The quantitative estimate of drug-likeness (QED) is 0.468. The van der Waals surface area contributed by atoms with Gasteiger partial charge >= 0.3 is 0 Å². The Balaban J connectivity index is 1.22. The molecule has 29 heavy (non-hydrogen) atoms. The zero-order valence-electron chi connectivity index (χ0n) is 16.8. The molecule has 1 saturated heterocycles. The molecular weight excluding hydrogens is 428 g/mol. The van der Waals surface area contributed by atoms with Gasteiger partial charge in [-0.05, 0) is 80.2 Å². The standard InChI is InChI=1S/C24H29BrN2O2/c25-20-7-3-18(4-8-20)22-17-23(22)24(28)19-5-9-21(10-6-19)29-16-2-14-27-13-1-11-26-12-15-27/h3-10,22-23,26H,1-2,11-17H2/t22-,23+/m0/s1. The first kappa shape index (κ1) is 20.6. The molecule has 2 aromatic rings. The molecule has 0 amide bonds. The SMILES string of the molecule is O=C(c1ccc(OCCCN2CCCNCC2)cc1)[C@@H]1C[C@H]1c1ccc(Br)cc1. The predicted molar refractivity (Wildman–Crippen MR) is 120 cm³/mol. The third-order valence-electron chi connectivity index (χ3n) is 5.88. The minimum atomic E-state index is 0.117. The third-order valence-corrected chi connectivity index (χ3v) is 6.41. The Hall–Kier alpha value is -1.69. The summed E-state index contributed by atoms with van der Waals surface area (Å²) in [6.07, 6.45) is 3.20. The van der Waals surface area contributed by atoms with Gasteiger partial charge in [-0.15, -0.1) is 0 Å². The number of Topliss-reactive ketones (excluding diaryl/α,β-unsaturated/α-hetero) is 1. The van der Waals surface area contributed by atoms with Crippen LogP contribution in [0.5, 0.6) is 5.75 Å². The van der Waals surface area contributed by atoms with E-state index in [1.165, 1.54) is 18.5 Å². The molecule has 4 nitrogen and oxygen atoms in total. The Kier molecular flexibility index (Phi) is 7.01. The van der Waals surface area contributed by atoms with Crippen LogP contribution in [-0.4, -0.2) is 50.0 Å². The number of carbonyl (C=O) groups is 1. The highest BCUT2D eigenvalue weighted by Gasteiger charge is 2.43. The van der Waals surface area contributed by atoms with Crippen LogP contribution in [0.2, 0.25) is 0 Å². The van der Waals surface area contributed by atoms with Gasteiger partial charge in [-0.3, -0.25) is 4.79 Å². The van der Waals surface area contributed by atoms with Gasteiger partial charge in [0.05, 0.1) is 6.61 Å². The molecule has 0 spiro atoms. The number of hydrogen-bond acceptors (Lipinski definition) is 4. The number of benzene rings is 2. The summed E-state index contributed by atoms with van der Waals surface area (Å²) < 4.78 is 6.96. The Morgan fingerprint density at radius 3 is 2.66 bits per heavy atom. The molecule has 1 N–H and O–H groups in total. The van der Waals surface area contributed by atoms with Crippen LogP contribution in [0, 0.1) is 5.92 Å². The van der Waals surface area contributed by atoms with Crippen LogP contribution in [0.15, 0.2) is 53.0 Å². The highest BCUT2D eigenvalue weighted by atomic mass is 79.9. The van der Waals surface area contributed by atoms with Crippen LogP contribution < -0.4 is 10.1 Å². The minimum absolute atomic E-state index is 0.117. The van der Waals surface area contributed by atoms with Crippen molar-refractivity contribution in [3.05, 3.63) is 64.1 Å². The predicted octanol–water partition coefficient (Wildman–Crippen LogP) is 4.50. The van der Waals surface area contributed by atoms with Crippen molar-refractivity contribution in [1.82, 2.24) is 10.2 Å². The number of halogens is 1. The second-order valence-corrected chi connectivity index (χ2v) is 8.95. The Labute approximate surface area is 181 Å². The molecule has 2 aromatic carbocycles. The summed E-state index contributed by atoms with van der Waals surface area (Å²) in [5.41, 5.74) is 2.05. The number of rotatable bonds is 8. The van der Waals surface area contributed by atoms with Gasteiger partial charge in [0.2, 0.25) is 0 Å². The van der Waals surface area contributed by atoms with Crippen molar-refractivity contribution in [3.8, 4) is 5.75 Å². The molecule has 1 heterocycles. The van der Waals surface area contributed by atoms with Crippen molar-refractivity contribution in [1.29, 1.82) is 0 Å². The smallest absolute Gasteiger partial charge is 0.166 e. The molecule has 4 rings (SSSR count). The lowest BCUT2D eigenvalue weighted by atomic mass is 10.0. The highest BCUT2D eigenvalue weighted by Crippen LogP contribution is 2.49. The monoisotopic (exact) mass is 456 g/mol. The summed E-state index contributed by atoms with van der Waals surface area (Å²) in [5.74, 6) is 1.57. The lowest BCUT2D eigenvalue weighted by Gasteiger charge is -2.19. The van der Waals surface area contributed by atoms with Crippen molar-refractivity contribution in [2.45, 2.75) is 25.2 Å². The van der Waals surface area contributed by atoms with E-state index in [2.05, 4.69) is 38.3 Å². The van der Waals surface area contributed by atoms with Crippen LogP contribution in [0.1, 0.15) is 41.1 Å². The highest BCUT2D eigenvalue weighted by molar-refractivity contribution is 9.10. The fraction of sp³-hybridized carbons (Fsp3) is 0.458. The van der Waals surface area contributed by atoms with Gasteiger partial charge in [0.1, 0.15) is 5.75 Å². The molecule has 0 unspecified atom stereocenters. The van der Waals surface area contributed by atoms with Gasteiger partial charge in [0.15, 0.2) is 5.78 Å². The van der Waals surface area contributed by atoms with E-state index in [9.17, 15) is 4.79 Å². The van der Waals surface area contributed by atoms with Gasteiger partial charge in [0, 0.05) is 35.6 Å². The molecule has 0 bridgehead atoms.